The van der Waals surface area contributed by atoms with Gasteiger partial charge in [0, 0.05) is 39.3 Å². The lowest BCUT2D eigenvalue weighted by Gasteiger charge is -2.35. The molecule has 2 unspecified atom stereocenters. The number of likely N-dealkylation sites (N-methyl/N-ethyl adjacent to an activating group) is 1. The second-order valence-corrected chi connectivity index (χ2v) is 7.75. The smallest absolute Gasteiger partial charge is 0.355 e. The van der Waals surface area contributed by atoms with Crippen LogP contribution in [0.1, 0.15) is 39.5 Å². The molecule has 166 valence electrons. The number of guanidine groups is 1. The first-order valence-electron chi connectivity index (χ1n) is 10.3. The summed E-state index contributed by atoms with van der Waals surface area (Å²) < 4.78 is 38.0. The average molecular weight is 519 g/mol. The van der Waals surface area contributed by atoms with Crippen LogP contribution in [0.2, 0.25) is 0 Å². The fraction of sp³-hybridized carbons (Fsp3) is 0.947. The van der Waals surface area contributed by atoms with Crippen LogP contribution >= 0.6 is 24.0 Å². The molecule has 0 aromatic rings. The molecule has 28 heavy (non-hydrogen) atoms. The van der Waals surface area contributed by atoms with Crippen LogP contribution in [0.4, 0.5) is 13.2 Å². The van der Waals surface area contributed by atoms with Gasteiger partial charge in [0.1, 0.15) is 0 Å². The monoisotopic (exact) mass is 519 g/mol. The number of piperidine rings is 1. The molecular weight excluding hydrogens is 482 g/mol. The van der Waals surface area contributed by atoms with Gasteiger partial charge in [-0.05, 0) is 44.8 Å². The highest BCUT2D eigenvalue weighted by molar-refractivity contribution is 14.0. The van der Waals surface area contributed by atoms with E-state index in [1.165, 1.54) is 30.7 Å². The van der Waals surface area contributed by atoms with Gasteiger partial charge in [-0.15, -0.1) is 24.0 Å². The summed E-state index contributed by atoms with van der Waals surface area (Å²) in [5.74, 6) is 1.14. The van der Waals surface area contributed by atoms with Gasteiger partial charge in [0.25, 0.3) is 0 Å². The number of hydrogen-bond acceptors (Lipinski definition) is 3. The van der Waals surface area contributed by atoms with E-state index in [2.05, 4.69) is 27.0 Å². The third-order valence-electron chi connectivity index (χ3n) is 5.81. The van der Waals surface area contributed by atoms with E-state index in [9.17, 15) is 13.2 Å². The fourth-order valence-electron chi connectivity index (χ4n) is 4.35. The standard InChI is InChI=1S/C19H36F3N5.HI/c1-4-25(15-19(20,21)22)13-16-9-11-27(14-16)18(23-3)24-12-17-8-6-7-10-26(17)5-2;/h16-17H,4-15H2,1-3H3,(H,23,24);1H. The molecule has 2 saturated heterocycles. The molecule has 1 N–H and O–H groups in total. The third-order valence-corrected chi connectivity index (χ3v) is 5.81. The molecule has 0 radical (unpaired) electrons. The molecule has 0 aromatic heterocycles. The third kappa shape index (κ3) is 8.22. The maximum atomic E-state index is 12.7. The summed E-state index contributed by atoms with van der Waals surface area (Å²) >= 11 is 0. The number of nitrogens with zero attached hydrogens (tertiary/aromatic N) is 4. The highest BCUT2D eigenvalue weighted by Gasteiger charge is 2.33. The van der Waals surface area contributed by atoms with Crippen LogP contribution in [0, 0.1) is 5.92 Å². The lowest BCUT2D eigenvalue weighted by atomic mass is 10.0. The summed E-state index contributed by atoms with van der Waals surface area (Å²) in [7, 11) is 1.79. The van der Waals surface area contributed by atoms with Crippen molar-refractivity contribution in [3.05, 3.63) is 0 Å². The van der Waals surface area contributed by atoms with E-state index >= 15 is 0 Å². The summed E-state index contributed by atoms with van der Waals surface area (Å²) in [5.41, 5.74) is 0. The zero-order chi connectivity index (χ0) is 19.9. The maximum absolute atomic E-state index is 12.7. The first-order valence-corrected chi connectivity index (χ1v) is 10.3. The van der Waals surface area contributed by atoms with E-state index in [0.717, 1.165) is 38.6 Å². The van der Waals surface area contributed by atoms with Crippen molar-refractivity contribution in [2.45, 2.75) is 51.7 Å². The molecule has 2 aliphatic rings. The van der Waals surface area contributed by atoms with E-state index in [-0.39, 0.29) is 29.9 Å². The van der Waals surface area contributed by atoms with Gasteiger partial charge < -0.3 is 10.2 Å². The molecule has 0 saturated carbocycles. The van der Waals surface area contributed by atoms with Gasteiger partial charge in [-0.25, -0.2) is 0 Å². The molecule has 0 aliphatic carbocycles. The molecule has 2 rings (SSSR count). The van der Waals surface area contributed by atoms with Gasteiger partial charge in [-0.1, -0.05) is 20.3 Å². The topological polar surface area (TPSA) is 34.1 Å². The summed E-state index contributed by atoms with van der Waals surface area (Å²) in [6.45, 7) is 8.86. The zero-order valence-corrected chi connectivity index (χ0v) is 19.8. The Morgan fingerprint density at radius 3 is 2.54 bits per heavy atom. The predicted molar refractivity (Wildman–Crippen MR) is 120 cm³/mol. The SMILES string of the molecule is CCN(CC1CCN(C(=NC)NCC2CCCCN2CC)C1)CC(F)(F)F.I. The lowest BCUT2D eigenvalue weighted by molar-refractivity contribution is -0.146. The first kappa shape index (κ1) is 25.7. The molecule has 2 atom stereocenters. The minimum Gasteiger partial charge on any atom is -0.355 e. The van der Waals surface area contributed by atoms with Gasteiger partial charge in [0.15, 0.2) is 5.96 Å². The Hall–Kier alpha value is -0.290. The van der Waals surface area contributed by atoms with Gasteiger partial charge in [-0.3, -0.25) is 14.8 Å². The average Bonchev–Trinajstić information content (AvgIpc) is 3.09. The van der Waals surface area contributed by atoms with Crippen molar-refractivity contribution >= 4 is 29.9 Å². The highest BCUT2D eigenvalue weighted by atomic mass is 127. The number of rotatable bonds is 7. The van der Waals surface area contributed by atoms with Gasteiger partial charge in [-0.2, -0.15) is 13.2 Å². The number of hydrogen-bond donors (Lipinski definition) is 1. The minimum atomic E-state index is -4.13. The molecule has 5 nitrogen and oxygen atoms in total. The summed E-state index contributed by atoms with van der Waals surface area (Å²) in [5, 5.41) is 3.51. The molecule has 0 amide bonds. The number of alkyl halides is 3. The van der Waals surface area contributed by atoms with E-state index in [1.54, 1.807) is 14.0 Å². The lowest BCUT2D eigenvalue weighted by Crippen LogP contribution is -2.49. The van der Waals surface area contributed by atoms with E-state index in [1.807, 2.05) is 0 Å². The van der Waals surface area contributed by atoms with Crippen LogP contribution < -0.4 is 5.32 Å². The molecule has 0 aromatic carbocycles. The van der Waals surface area contributed by atoms with E-state index in [0.29, 0.717) is 19.1 Å². The quantitative estimate of drug-likeness (QED) is 0.318. The van der Waals surface area contributed by atoms with Crippen molar-refractivity contribution < 1.29 is 13.2 Å². The summed E-state index contributed by atoms with van der Waals surface area (Å²) in [4.78, 5) is 10.6. The second-order valence-electron chi connectivity index (χ2n) is 7.75. The molecule has 2 heterocycles. The van der Waals surface area contributed by atoms with Crippen LogP contribution in [0.5, 0.6) is 0 Å². The van der Waals surface area contributed by atoms with Crippen molar-refractivity contribution in [3.63, 3.8) is 0 Å². The van der Waals surface area contributed by atoms with E-state index in [4.69, 9.17) is 0 Å². The Morgan fingerprint density at radius 2 is 1.93 bits per heavy atom. The van der Waals surface area contributed by atoms with Crippen LogP contribution in [-0.2, 0) is 0 Å². The van der Waals surface area contributed by atoms with Crippen molar-refractivity contribution in [1.29, 1.82) is 0 Å². The number of halogens is 4. The Labute approximate surface area is 185 Å². The van der Waals surface area contributed by atoms with Gasteiger partial charge >= 0.3 is 6.18 Å². The summed E-state index contributed by atoms with van der Waals surface area (Å²) in [6.07, 6.45) is 0.554. The molecule has 0 spiro atoms. The Bertz CT molecular complexity index is 475. The van der Waals surface area contributed by atoms with Crippen LogP contribution in [-0.4, -0.2) is 92.3 Å². The van der Waals surface area contributed by atoms with Gasteiger partial charge in [0.05, 0.1) is 6.54 Å². The van der Waals surface area contributed by atoms with Crippen molar-refractivity contribution in [2.24, 2.45) is 10.9 Å². The number of likely N-dealkylation sites (tertiary alicyclic amines) is 2. The second kappa shape index (κ2) is 12.4. The van der Waals surface area contributed by atoms with Crippen LogP contribution in [0.15, 0.2) is 4.99 Å². The molecule has 2 aliphatic heterocycles. The van der Waals surface area contributed by atoms with Crippen molar-refractivity contribution in [3.8, 4) is 0 Å². The Balaban J connectivity index is 0.00000392. The van der Waals surface area contributed by atoms with Crippen molar-refractivity contribution in [2.75, 3.05) is 59.4 Å². The van der Waals surface area contributed by atoms with E-state index < -0.39 is 12.7 Å². The number of aliphatic imine (C=N–C) groups is 1. The molecule has 9 heteroatoms. The molecular formula is C19H37F3IN5. The van der Waals surface area contributed by atoms with Crippen molar-refractivity contribution in [1.82, 2.24) is 20.0 Å². The largest absolute Gasteiger partial charge is 0.401 e. The normalized spacial score (nSPS) is 24.5. The Morgan fingerprint density at radius 1 is 1.18 bits per heavy atom. The Kier molecular flexibility index (Phi) is 11.4. The van der Waals surface area contributed by atoms with Crippen LogP contribution in [0.3, 0.4) is 0 Å². The molecule has 0 bridgehead atoms. The zero-order valence-electron chi connectivity index (χ0n) is 17.5. The summed E-state index contributed by atoms with van der Waals surface area (Å²) in [6, 6.07) is 0.543. The molecule has 2 fully saturated rings. The highest BCUT2D eigenvalue weighted by Crippen LogP contribution is 2.22. The number of nitrogens with one attached hydrogen (secondary N) is 1. The van der Waals surface area contributed by atoms with Gasteiger partial charge in [0.2, 0.25) is 0 Å². The first-order chi connectivity index (χ1) is 12.9. The van der Waals surface area contributed by atoms with Crippen LogP contribution in [0.25, 0.3) is 0 Å². The predicted octanol–water partition coefficient (Wildman–Crippen LogP) is 3.26. The fourth-order valence-corrected chi connectivity index (χ4v) is 4.35. The maximum Gasteiger partial charge on any atom is 0.401 e. The minimum absolute atomic E-state index is 0.